The molecule has 2 aliphatic rings. The summed E-state index contributed by atoms with van der Waals surface area (Å²) in [6.07, 6.45) is -2.16. The van der Waals surface area contributed by atoms with Crippen LogP contribution >= 0.6 is 0 Å². The van der Waals surface area contributed by atoms with Gasteiger partial charge in [-0.15, -0.1) is 0 Å². The molecule has 9 heteroatoms. The van der Waals surface area contributed by atoms with E-state index in [1.54, 1.807) is 0 Å². The molecule has 1 aliphatic carbocycles. The van der Waals surface area contributed by atoms with Crippen LogP contribution in [0.2, 0.25) is 0 Å². The Morgan fingerprint density at radius 2 is 1.73 bits per heavy atom. The minimum atomic E-state index is -4.46. The molecule has 178 valence electrons. The highest BCUT2D eigenvalue weighted by Crippen LogP contribution is 2.47. The number of hydrogen-bond acceptors (Lipinski definition) is 3. The number of amides is 1. The zero-order valence-corrected chi connectivity index (χ0v) is 19.2. The molecule has 0 bridgehead atoms. The fraction of sp³-hybridized carbons (Fsp3) is 0.458. The Kier molecular flexibility index (Phi) is 6.30. The van der Waals surface area contributed by atoms with E-state index in [4.69, 9.17) is 0 Å². The predicted octanol–water partition coefficient (Wildman–Crippen LogP) is 4.13. The maximum Gasteiger partial charge on any atom is 0.416 e. The van der Waals surface area contributed by atoms with Crippen LogP contribution in [0, 0.1) is 0 Å². The van der Waals surface area contributed by atoms with Crippen LogP contribution in [0.15, 0.2) is 48.5 Å². The molecule has 2 aromatic rings. The van der Waals surface area contributed by atoms with E-state index in [0.717, 1.165) is 23.3 Å². The van der Waals surface area contributed by atoms with Gasteiger partial charge in [0.15, 0.2) is 0 Å². The third-order valence-electron chi connectivity index (χ3n) is 6.89. The third kappa shape index (κ3) is 4.53. The number of nitrogens with zero attached hydrogens (tertiary/aromatic N) is 1. The normalized spacial score (nSPS) is 20.5. The molecule has 0 radical (unpaired) electrons. The number of sulfonamides is 1. The molecule has 1 N–H and O–H groups in total. The summed E-state index contributed by atoms with van der Waals surface area (Å²) in [6, 6.07) is 11.9. The Labute approximate surface area is 192 Å². The summed E-state index contributed by atoms with van der Waals surface area (Å²) in [5.41, 5.74) is 1.19. The lowest BCUT2D eigenvalue weighted by atomic mass is 9.71. The van der Waals surface area contributed by atoms with Gasteiger partial charge in [0.1, 0.15) is 0 Å². The second-order valence-corrected chi connectivity index (χ2v) is 10.9. The van der Waals surface area contributed by atoms with E-state index in [1.807, 2.05) is 31.2 Å². The summed E-state index contributed by atoms with van der Waals surface area (Å²) in [4.78, 5) is 12.9. The van der Waals surface area contributed by atoms with Crippen molar-refractivity contribution in [3.8, 4) is 0 Å². The summed E-state index contributed by atoms with van der Waals surface area (Å²) in [5.74, 6) is -0.313. The van der Waals surface area contributed by atoms with Crippen LogP contribution < -0.4 is 5.32 Å². The molecule has 0 aromatic heterocycles. The van der Waals surface area contributed by atoms with Gasteiger partial charge in [0.05, 0.1) is 11.3 Å². The highest BCUT2D eigenvalue weighted by atomic mass is 32.2. The number of carbonyl (C=O) groups excluding carboxylic acids is 1. The second-order valence-electron chi connectivity index (χ2n) is 8.83. The molecule has 2 aromatic carbocycles. The van der Waals surface area contributed by atoms with Crippen molar-refractivity contribution in [2.45, 2.75) is 50.2 Å². The van der Waals surface area contributed by atoms with Crippen molar-refractivity contribution >= 4 is 15.9 Å². The van der Waals surface area contributed by atoms with Crippen molar-refractivity contribution in [3.05, 3.63) is 70.8 Å². The first kappa shape index (κ1) is 23.8. The molecular formula is C24H27F3N2O3S. The van der Waals surface area contributed by atoms with Crippen LogP contribution in [0.1, 0.15) is 53.2 Å². The average molecular weight is 481 g/mol. The SMILES string of the molecule is CCCS(=O)(=O)N1CCC2(CC1)c1ccccc1CC2NC(=O)c1ccc(C(F)(F)F)cc1. The molecule has 33 heavy (non-hydrogen) atoms. The number of rotatable bonds is 5. The molecule has 1 fully saturated rings. The number of carbonyl (C=O) groups is 1. The molecule has 0 saturated carbocycles. The van der Waals surface area contributed by atoms with Gasteiger partial charge in [0.2, 0.25) is 10.0 Å². The first-order chi connectivity index (χ1) is 15.6. The maximum atomic E-state index is 12.9. The van der Waals surface area contributed by atoms with Crippen LogP contribution in [-0.4, -0.2) is 43.5 Å². The number of hydrogen-bond donors (Lipinski definition) is 1. The van der Waals surface area contributed by atoms with Crippen LogP contribution in [-0.2, 0) is 28.0 Å². The lowest BCUT2D eigenvalue weighted by molar-refractivity contribution is -0.137. The van der Waals surface area contributed by atoms with Gasteiger partial charge >= 0.3 is 6.18 Å². The summed E-state index contributed by atoms with van der Waals surface area (Å²) in [6.45, 7) is 2.59. The summed E-state index contributed by atoms with van der Waals surface area (Å²) in [7, 11) is -3.30. The largest absolute Gasteiger partial charge is 0.416 e. The quantitative estimate of drug-likeness (QED) is 0.700. The molecule has 4 rings (SSSR count). The van der Waals surface area contributed by atoms with E-state index in [0.29, 0.717) is 38.8 Å². The van der Waals surface area contributed by atoms with Crippen molar-refractivity contribution in [3.63, 3.8) is 0 Å². The van der Waals surface area contributed by atoms with Gasteiger partial charge in [-0.1, -0.05) is 31.2 Å². The molecule has 1 spiro atoms. The molecular weight excluding hydrogens is 453 g/mol. The van der Waals surface area contributed by atoms with E-state index in [1.165, 1.54) is 16.4 Å². The van der Waals surface area contributed by atoms with Crippen molar-refractivity contribution in [2.75, 3.05) is 18.8 Å². The number of nitrogens with one attached hydrogen (secondary N) is 1. The first-order valence-corrected chi connectivity index (χ1v) is 12.7. The second kappa shape index (κ2) is 8.76. The molecule has 1 heterocycles. The number of piperidine rings is 1. The van der Waals surface area contributed by atoms with Crippen LogP contribution in [0.5, 0.6) is 0 Å². The van der Waals surface area contributed by atoms with Gasteiger partial charge in [-0.3, -0.25) is 4.79 Å². The van der Waals surface area contributed by atoms with E-state index in [2.05, 4.69) is 5.32 Å². The number of fused-ring (bicyclic) bond motifs is 2. The van der Waals surface area contributed by atoms with Crippen LogP contribution in [0.25, 0.3) is 0 Å². The van der Waals surface area contributed by atoms with Crippen LogP contribution in [0.3, 0.4) is 0 Å². The molecule has 1 atom stereocenters. The lowest BCUT2D eigenvalue weighted by Gasteiger charge is -2.43. The minimum absolute atomic E-state index is 0.116. The van der Waals surface area contributed by atoms with Gasteiger partial charge < -0.3 is 5.32 Å². The lowest BCUT2D eigenvalue weighted by Crippen LogP contribution is -2.54. The van der Waals surface area contributed by atoms with E-state index in [9.17, 15) is 26.4 Å². The molecule has 1 aliphatic heterocycles. The molecule has 1 amide bonds. The summed E-state index contributed by atoms with van der Waals surface area (Å²) in [5, 5.41) is 3.05. The Balaban J connectivity index is 1.56. The van der Waals surface area contributed by atoms with E-state index in [-0.39, 0.29) is 17.4 Å². The predicted molar refractivity (Wildman–Crippen MR) is 119 cm³/mol. The Bertz CT molecular complexity index is 1120. The van der Waals surface area contributed by atoms with Crippen molar-refractivity contribution < 1.29 is 26.4 Å². The maximum absolute atomic E-state index is 12.9. The monoisotopic (exact) mass is 480 g/mol. The Hall–Kier alpha value is -2.39. The topological polar surface area (TPSA) is 66.5 Å². The van der Waals surface area contributed by atoms with Gasteiger partial charge in [0, 0.05) is 30.1 Å². The zero-order valence-electron chi connectivity index (χ0n) is 18.4. The standard InChI is InChI=1S/C24H27F3N2O3S/c1-2-15-33(31,32)29-13-11-23(12-14-29)20-6-4-3-5-18(20)16-21(23)28-22(30)17-7-9-19(10-8-17)24(25,26)27/h3-10,21H,2,11-16H2,1H3,(H,28,30). The van der Waals surface area contributed by atoms with Crippen LogP contribution in [0.4, 0.5) is 13.2 Å². The first-order valence-electron chi connectivity index (χ1n) is 11.1. The third-order valence-corrected chi connectivity index (χ3v) is 8.97. The summed E-state index contributed by atoms with van der Waals surface area (Å²) >= 11 is 0. The van der Waals surface area contributed by atoms with Crippen molar-refractivity contribution in [1.29, 1.82) is 0 Å². The zero-order chi connectivity index (χ0) is 23.9. The Morgan fingerprint density at radius 3 is 2.33 bits per heavy atom. The van der Waals surface area contributed by atoms with Gasteiger partial charge in [0.25, 0.3) is 5.91 Å². The van der Waals surface area contributed by atoms with Gasteiger partial charge in [-0.05, 0) is 61.1 Å². The minimum Gasteiger partial charge on any atom is -0.348 e. The molecule has 1 unspecified atom stereocenters. The number of alkyl halides is 3. The van der Waals surface area contributed by atoms with Crippen molar-refractivity contribution in [1.82, 2.24) is 9.62 Å². The summed E-state index contributed by atoms with van der Waals surface area (Å²) < 4.78 is 65.2. The smallest absolute Gasteiger partial charge is 0.348 e. The highest BCUT2D eigenvalue weighted by Gasteiger charge is 2.50. The molecule has 5 nitrogen and oxygen atoms in total. The fourth-order valence-electron chi connectivity index (χ4n) is 5.20. The van der Waals surface area contributed by atoms with E-state index < -0.39 is 33.1 Å². The van der Waals surface area contributed by atoms with Crippen molar-refractivity contribution in [2.24, 2.45) is 0 Å². The Morgan fingerprint density at radius 1 is 1.09 bits per heavy atom. The van der Waals surface area contributed by atoms with E-state index >= 15 is 0 Å². The van der Waals surface area contributed by atoms with Gasteiger partial charge in [-0.2, -0.15) is 13.2 Å². The molecule has 1 saturated heterocycles. The highest BCUT2D eigenvalue weighted by molar-refractivity contribution is 7.89. The fourth-order valence-corrected chi connectivity index (χ4v) is 6.71. The number of benzene rings is 2. The number of halogens is 3. The average Bonchev–Trinajstić information content (AvgIpc) is 3.06. The van der Waals surface area contributed by atoms with Gasteiger partial charge in [-0.25, -0.2) is 12.7 Å².